The van der Waals surface area contributed by atoms with Crippen LogP contribution >= 0.6 is 0 Å². The molecule has 0 aromatic heterocycles. The molecule has 0 aliphatic heterocycles. The first-order chi connectivity index (χ1) is 7.35. The zero-order valence-corrected chi connectivity index (χ0v) is 11.7. The predicted molar refractivity (Wildman–Crippen MR) is 70.4 cm³/mol. The van der Waals surface area contributed by atoms with E-state index in [1.165, 1.54) is 19.3 Å². The SMILES string of the molecule is CCC(C)NC(=O)CCCCCC(C)(C)C. The molecular formula is C14H29NO. The maximum atomic E-state index is 11.5. The molecule has 1 atom stereocenters. The maximum absolute atomic E-state index is 11.5. The average Bonchev–Trinajstić information content (AvgIpc) is 2.15. The van der Waals surface area contributed by atoms with Gasteiger partial charge in [0.05, 0.1) is 0 Å². The van der Waals surface area contributed by atoms with E-state index in [2.05, 4.69) is 39.9 Å². The second-order valence-electron chi connectivity index (χ2n) is 6.00. The topological polar surface area (TPSA) is 29.1 Å². The minimum Gasteiger partial charge on any atom is -0.354 e. The molecule has 0 rings (SSSR count). The normalized spacial score (nSPS) is 13.6. The Hall–Kier alpha value is -0.530. The van der Waals surface area contributed by atoms with Gasteiger partial charge in [-0.3, -0.25) is 4.79 Å². The molecule has 0 fully saturated rings. The van der Waals surface area contributed by atoms with Crippen molar-refractivity contribution in [3.63, 3.8) is 0 Å². The quantitative estimate of drug-likeness (QED) is 0.657. The Kier molecular flexibility index (Phi) is 7.44. The van der Waals surface area contributed by atoms with Gasteiger partial charge in [-0.05, 0) is 31.6 Å². The van der Waals surface area contributed by atoms with Crippen molar-refractivity contribution in [2.24, 2.45) is 5.41 Å². The maximum Gasteiger partial charge on any atom is 0.220 e. The standard InChI is InChI=1S/C14H29NO/c1-6-12(2)15-13(16)10-8-7-9-11-14(3,4)5/h12H,6-11H2,1-5H3,(H,15,16). The highest BCUT2D eigenvalue weighted by atomic mass is 16.1. The second-order valence-corrected chi connectivity index (χ2v) is 6.00. The molecule has 0 saturated heterocycles. The van der Waals surface area contributed by atoms with Gasteiger partial charge in [0.2, 0.25) is 5.91 Å². The molecule has 2 nitrogen and oxygen atoms in total. The molecule has 0 saturated carbocycles. The van der Waals surface area contributed by atoms with Crippen LogP contribution < -0.4 is 5.32 Å². The first kappa shape index (κ1) is 15.5. The third-order valence-corrected chi connectivity index (χ3v) is 2.85. The Bertz CT molecular complexity index is 193. The van der Waals surface area contributed by atoms with Crippen LogP contribution in [0.3, 0.4) is 0 Å². The van der Waals surface area contributed by atoms with Crippen molar-refractivity contribution >= 4 is 5.91 Å². The first-order valence-electron chi connectivity index (χ1n) is 6.64. The van der Waals surface area contributed by atoms with E-state index in [1.54, 1.807) is 0 Å². The van der Waals surface area contributed by atoms with E-state index >= 15 is 0 Å². The highest BCUT2D eigenvalue weighted by molar-refractivity contribution is 5.76. The van der Waals surface area contributed by atoms with Gasteiger partial charge in [0.15, 0.2) is 0 Å². The first-order valence-corrected chi connectivity index (χ1v) is 6.64. The van der Waals surface area contributed by atoms with E-state index in [0.717, 1.165) is 12.8 Å². The lowest BCUT2D eigenvalue weighted by molar-refractivity contribution is -0.121. The van der Waals surface area contributed by atoms with Crippen LogP contribution in [0.15, 0.2) is 0 Å². The largest absolute Gasteiger partial charge is 0.354 e. The molecule has 0 heterocycles. The van der Waals surface area contributed by atoms with Gasteiger partial charge in [-0.1, -0.05) is 40.5 Å². The molecule has 0 aromatic rings. The van der Waals surface area contributed by atoms with Crippen LogP contribution in [-0.4, -0.2) is 11.9 Å². The lowest BCUT2D eigenvalue weighted by Crippen LogP contribution is -2.31. The van der Waals surface area contributed by atoms with Gasteiger partial charge in [-0.15, -0.1) is 0 Å². The number of hydrogen-bond donors (Lipinski definition) is 1. The van der Waals surface area contributed by atoms with Crippen LogP contribution in [0.2, 0.25) is 0 Å². The summed E-state index contributed by atoms with van der Waals surface area (Å²) in [5, 5.41) is 3.00. The highest BCUT2D eigenvalue weighted by Crippen LogP contribution is 2.22. The average molecular weight is 227 g/mol. The van der Waals surface area contributed by atoms with Gasteiger partial charge in [-0.25, -0.2) is 0 Å². The highest BCUT2D eigenvalue weighted by Gasteiger charge is 2.09. The smallest absolute Gasteiger partial charge is 0.220 e. The number of carbonyl (C=O) groups excluding carboxylic acids is 1. The molecule has 2 heteroatoms. The van der Waals surface area contributed by atoms with Crippen molar-refractivity contribution in [3.8, 4) is 0 Å². The summed E-state index contributed by atoms with van der Waals surface area (Å²) in [5.74, 6) is 0.213. The number of unbranched alkanes of at least 4 members (excludes halogenated alkanes) is 2. The molecule has 0 aliphatic carbocycles. The van der Waals surface area contributed by atoms with E-state index in [0.29, 0.717) is 17.9 Å². The van der Waals surface area contributed by atoms with Crippen LogP contribution in [0.5, 0.6) is 0 Å². The summed E-state index contributed by atoms with van der Waals surface area (Å²) in [4.78, 5) is 11.5. The lowest BCUT2D eigenvalue weighted by atomic mass is 9.89. The Balaban J connectivity index is 3.42. The summed E-state index contributed by atoms with van der Waals surface area (Å²) in [6, 6.07) is 0.321. The minimum atomic E-state index is 0.213. The van der Waals surface area contributed by atoms with Crippen molar-refractivity contribution in [2.75, 3.05) is 0 Å². The van der Waals surface area contributed by atoms with Gasteiger partial charge in [0.25, 0.3) is 0 Å². The summed E-state index contributed by atoms with van der Waals surface area (Å²) in [6.07, 6.45) is 6.38. The predicted octanol–water partition coefficient (Wildman–Crippen LogP) is 3.90. The second kappa shape index (κ2) is 7.70. The van der Waals surface area contributed by atoms with Crippen LogP contribution in [0, 0.1) is 5.41 Å². The van der Waals surface area contributed by atoms with Gasteiger partial charge in [0.1, 0.15) is 0 Å². The third-order valence-electron chi connectivity index (χ3n) is 2.85. The molecule has 1 N–H and O–H groups in total. The summed E-state index contributed by atoms with van der Waals surface area (Å²) in [6.45, 7) is 10.9. The van der Waals surface area contributed by atoms with Gasteiger partial charge in [0, 0.05) is 12.5 Å². The van der Waals surface area contributed by atoms with Crippen LogP contribution in [-0.2, 0) is 4.79 Å². The Morgan fingerprint density at radius 1 is 1.19 bits per heavy atom. The molecule has 96 valence electrons. The van der Waals surface area contributed by atoms with Crippen LogP contribution in [0.1, 0.15) is 73.1 Å². The third kappa shape index (κ3) is 10.0. The van der Waals surface area contributed by atoms with Gasteiger partial charge < -0.3 is 5.32 Å². The van der Waals surface area contributed by atoms with E-state index in [1.807, 2.05) is 0 Å². The van der Waals surface area contributed by atoms with Crippen molar-refractivity contribution in [2.45, 2.75) is 79.2 Å². The fourth-order valence-electron chi connectivity index (χ4n) is 1.57. The Labute approximate surface area is 101 Å². The number of amides is 1. The fourth-order valence-corrected chi connectivity index (χ4v) is 1.57. The summed E-state index contributed by atoms with van der Waals surface area (Å²) in [5.41, 5.74) is 0.430. The Morgan fingerprint density at radius 2 is 1.81 bits per heavy atom. The summed E-state index contributed by atoms with van der Waals surface area (Å²) < 4.78 is 0. The van der Waals surface area contributed by atoms with Gasteiger partial charge in [-0.2, -0.15) is 0 Å². The molecule has 16 heavy (non-hydrogen) atoms. The lowest BCUT2D eigenvalue weighted by Gasteiger charge is -2.17. The number of carbonyl (C=O) groups is 1. The van der Waals surface area contributed by atoms with Crippen molar-refractivity contribution in [1.82, 2.24) is 5.32 Å². The van der Waals surface area contributed by atoms with Crippen molar-refractivity contribution in [3.05, 3.63) is 0 Å². The van der Waals surface area contributed by atoms with Gasteiger partial charge >= 0.3 is 0 Å². The number of rotatable bonds is 7. The summed E-state index contributed by atoms with van der Waals surface area (Å²) in [7, 11) is 0. The number of hydrogen-bond acceptors (Lipinski definition) is 1. The van der Waals surface area contributed by atoms with E-state index in [4.69, 9.17) is 0 Å². The van der Waals surface area contributed by atoms with Crippen molar-refractivity contribution in [1.29, 1.82) is 0 Å². The molecule has 0 bridgehead atoms. The van der Waals surface area contributed by atoms with E-state index in [9.17, 15) is 4.79 Å². The van der Waals surface area contributed by atoms with E-state index in [-0.39, 0.29) is 5.91 Å². The van der Waals surface area contributed by atoms with Crippen LogP contribution in [0.4, 0.5) is 0 Å². The molecular weight excluding hydrogens is 198 g/mol. The molecule has 0 aromatic carbocycles. The monoisotopic (exact) mass is 227 g/mol. The molecule has 0 spiro atoms. The zero-order chi connectivity index (χ0) is 12.6. The molecule has 0 radical (unpaired) electrons. The molecule has 1 unspecified atom stereocenters. The van der Waals surface area contributed by atoms with Crippen LogP contribution in [0.25, 0.3) is 0 Å². The molecule has 1 amide bonds. The Morgan fingerprint density at radius 3 is 2.31 bits per heavy atom. The molecule has 0 aliphatic rings. The van der Waals surface area contributed by atoms with E-state index < -0.39 is 0 Å². The minimum absolute atomic E-state index is 0.213. The summed E-state index contributed by atoms with van der Waals surface area (Å²) >= 11 is 0. The number of nitrogens with one attached hydrogen (secondary N) is 1. The van der Waals surface area contributed by atoms with Crippen molar-refractivity contribution < 1.29 is 4.79 Å². The fraction of sp³-hybridized carbons (Fsp3) is 0.929. The zero-order valence-electron chi connectivity index (χ0n) is 11.7.